The van der Waals surface area contributed by atoms with Gasteiger partial charge in [0.2, 0.25) is 5.88 Å². The van der Waals surface area contributed by atoms with E-state index >= 15 is 0 Å². The number of aromatic nitrogens is 2. The van der Waals surface area contributed by atoms with Gasteiger partial charge in [0.1, 0.15) is 11.4 Å². The van der Waals surface area contributed by atoms with E-state index < -0.39 is 5.97 Å². The number of anilines is 1. The van der Waals surface area contributed by atoms with Crippen molar-refractivity contribution in [1.29, 1.82) is 0 Å². The van der Waals surface area contributed by atoms with Crippen LogP contribution in [0.4, 0.5) is 5.69 Å². The number of benzene rings is 3. The molecule has 0 atom stereocenters. The zero-order valence-electron chi connectivity index (χ0n) is 20.2. The SMILES string of the molecule is COc1cccc(-c2nn(-c3ccccc3)c(OC(C)=O)c2-c2ccc(NC(=O)c3ccco3)cc2)c1. The van der Waals surface area contributed by atoms with E-state index in [1.807, 2.05) is 66.7 Å². The average molecular weight is 494 g/mol. The summed E-state index contributed by atoms with van der Waals surface area (Å²) in [5.41, 5.74) is 4.07. The van der Waals surface area contributed by atoms with Crippen molar-refractivity contribution < 1.29 is 23.5 Å². The molecule has 0 aliphatic rings. The Hall–Kier alpha value is -5.11. The summed E-state index contributed by atoms with van der Waals surface area (Å²) < 4.78 is 17.9. The number of carbonyl (C=O) groups excluding carboxylic acids is 2. The highest BCUT2D eigenvalue weighted by atomic mass is 16.5. The van der Waals surface area contributed by atoms with Crippen molar-refractivity contribution in [3.8, 4) is 39.7 Å². The highest BCUT2D eigenvalue weighted by Gasteiger charge is 2.25. The first-order chi connectivity index (χ1) is 18.0. The molecule has 0 aliphatic carbocycles. The predicted molar refractivity (Wildman–Crippen MR) is 139 cm³/mol. The number of rotatable bonds is 7. The quantitative estimate of drug-likeness (QED) is 0.280. The van der Waals surface area contributed by atoms with Crippen LogP contribution in [0.25, 0.3) is 28.1 Å². The lowest BCUT2D eigenvalue weighted by Gasteiger charge is -2.10. The van der Waals surface area contributed by atoms with Crippen LogP contribution in [-0.2, 0) is 4.79 Å². The van der Waals surface area contributed by atoms with Gasteiger partial charge in [0, 0.05) is 18.2 Å². The first kappa shape index (κ1) is 23.6. The second kappa shape index (κ2) is 10.2. The number of esters is 1. The topological polar surface area (TPSA) is 95.6 Å². The third kappa shape index (κ3) is 4.99. The van der Waals surface area contributed by atoms with Crippen molar-refractivity contribution in [2.45, 2.75) is 6.92 Å². The lowest BCUT2D eigenvalue weighted by Crippen LogP contribution is -2.10. The standard InChI is InChI=1S/C29H23N3O5/c1-19(33)37-29-26(20-13-15-22(16-14-20)30-28(34)25-12-7-17-36-25)27(21-8-6-11-24(18-21)35-2)31-32(29)23-9-4-3-5-10-23/h3-18H,1-2H3,(H,30,34). The first-order valence-corrected chi connectivity index (χ1v) is 11.5. The minimum atomic E-state index is -0.474. The van der Waals surface area contributed by atoms with Crippen LogP contribution in [0.3, 0.4) is 0 Å². The maximum Gasteiger partial charge on any atom is 0.309 e. The van der Waals surface area contributed by atoms with Gasteiger partial charge in [-0.3, -0.25) is 9.59 Å². The number of nitrogens with one attached hydrogen (secondary N) is 1. The van der Waals surface area contributed by atoms with Crippen LogP contribution in [0.2, 0.25) is 0 Å². The number of nitrogens with zero attached hydrogens (tertiary/aromatic N) is 2. The second-order valence-corrected chi connectivity index (χ2v) is 8.11. The third-order valence-corrected chi connectivity index (χ3v) is 5.60. The van der Waals surface area contributed by atoms with E-state index in [4.69, 9.17) is 19.0 Å². The smallest absolute Gasteiger partial charge is 0.309 e. The number of para-hydroxylation sites is 1. The molecule has 5 aromatic rings. The molecular weight excluding hydrogens is 470 g/mol. The molecule has 8 heteroatoms. The second-order valence-electron chi connectivity index (χ2n) is 8.11. The van der Waals surface area contributed by atoms with Gasteiger partial charge in [-0.15, -0.1) is 0 Å². The van der Waals surface area contributed by atoms with E-state index in [-0.39, 0.29) is 17.5 Å². The van der Waals surface area contributed by atoms with Crippen LogP contribution in [0.1, 0.15) is 17.5 Å². The summed E-state index contributed by atoms with van der Waals surface area (Å²) in [4.78, 5) is 24.6. The summed E-state index contributed by atoms with van der Waals surface area (Å²) in [5, 5.41) is 7.67. The fourth-order valence-electron chi connectivity index (χ4n) is 3.93. The zero-order chi connectivity index (χ0) is 25.8. The van der Waals surface area contributed by atoms with Crippen molar-refractivity contribution in [3.05, 3.63) is 103 Å². The van der Waals surface area contributed by atoms with Gasteiger partial charge in [0.25, 0.3) is 5.91 Å². The zero-order valence-corrected chi connectivity index (χ0v) is 20.2. The van der Waals surface area contributed by atoms with Crippen molar-refractivity contribution in [1.82, 2.24) is 9.78 Å². The highest BCUT2D eigenvalue weighted by molar-refractivity contribution is 6.02. The van der Waals surface area contributed by atoms with Gasteiger partial charge in [0.05, 0.1) is 24.6 Å². The molecule has 37 heavy (non-hydrogen) atoms. The van der Waals surface area contributed by atoms with E-state index in [2.05, 4.69) is 5.32 Å². The van der Waals surface area contributed by atoms with Gasteiger partial charge >= 0.3 is 5.97 Å². The maximum atomic E-state index is 12.4. The molecule has 5 rings (SSSR count). The lowest BCUT2D eigenvalue weighted by molar-refractivity contribution is -0.132. The minimum Gasteiger partial charge on any atom is -0.497 e. The maximum absolute atomic E-state index is 12.4. The Morgan fingerprint density at radius 3 is 2.35 bits per heavy atom. The van der Waals surface area contributed by atoms with Gasteiger partial charge in [0.15, 0.2) is 5.76 Å². The number of amides is 1. The number of methoxy groups -OCH3 is 1. The highest BCUT2D eigenvalue weighted by Crippen LogP contribution is 2.41. The number of furan rings is 1. The molecule has 0 saturated heterocycles. The Kier molecular flexibility index (Phi) is 6.54. The molecule has 2 heterocycles. The fraction of sp³-hybridized carbons (Fsp3) is 0.0690. The molecule has 0 fully saturated rings. The molecule has 1 N–H and O–H groups in total. The summed E-state index contributed by atoms with van der Waals surface area (Å²) in [6.45, 7) is 1.35. The van der Waals surface area contributed by atoms with E-state index in [0.717, 1.165) is 16.8 Å². The van der Waals surface area contributed by atoms with E-state index in [1.165, 1.54) is 13.2 Å². The van der Waals surface area contributed by atoms with Gasteiger partial charge in [-0.1, -0.05) is 42.5 Å². The molecule has 184 valence electrons. The van der Waals surface area contributed by atoms with E-state index in [0.29, 0.717) is 22.7 Å². The van der Waals surface area contributed by atoms with Crippen LogP contribution in [0, 0.1) is 0 Å². The molecular formula is C29H23N3O5. The van der Waals surface area contributed by atoms with Gasteiger partial charge in [-0.05, 0) is 54.1 Å². The number of ether oxygens (including phenoxy) is 2. The fourth-order valence-corrected chi connectivity index (χ4v) is 3.93. The lowest BCUT2D eigenvalue weighted by atomic mass is 10.0. The monoisotopic (exact) mass is 493 g/mol. The predicted octanol–water partition coefficient (Wildman–Crippen LogP) is 5.99. The Labute approximate surface area is 213 Å². The van der Waals surface area contributed by atoms with Crippen molar-refractivity contribution >= 4 is 17.6 Å². The Morgan fingerprint density at radius 2 is 1.68 bits per heavy atom. The minimum absolute atomic E-state index is 0.214. The Morgan fingerprint density at radius 1 is 0.892 bits per heavy atom. The van der Waals surface area contributed by atoms with Crippen molar-refractivity contribution in [2.24, 2.45) is 0 Å². The van der Waals surface area contributed by atoms with Crippen LogP contribution in [0.5, 0.6) is 11.6 Å². The molecule has 0 aliphatic heterocycles. The number of carbonyl (C=O) groups is 2. The van der Waals surface area contributed by atoms with Crippen LogP contribution >= 0.6 is 0 Å². The van der Waals surface area contributed by atoms with Crippen LogP contribution in [0.15, 0.2) is 102 Å². The summed E-state index contributed by atoms with van der Waals surface area (Å²) in [5.74, 6) is 0.336. The molecule has 0 saturated carbocycles. The third-order valence-electron chi connectivity index (χ3n) is 5.60. The summed E-state index contributed by atoms with van der Waals surface area (Å²) in [6, 6.07) is 27.4. The van der Waals surface area contributed by atoms with Gasteiger partial charge < -0.3 is 19.2 Å². The summed E-state index contributed by atoms with van der Waals surface area (Å²) >= 11 is 0. The molecule has 1 amide bonds. The largest absolute Gasteiger partial charge is 0.497 e. The molecule has 0 radical (unpaired) electrons. The van der Waals surface area contributed by atoms with E-state index in [9.17, 15) is 9.59 Å². The molecule has 2 aromatic heterocycles. The molecule has 0 spiro atoms. The molecule has 0 unspecified atom stereocenters. The molecule has 0 bridgehead atoms. The van der Waals surface area contributed by atoms with Crippen molar-refractivity contribution in [3.63, 3.8) is 0 Å². The van der Waals surface area contributed by atoms with Crippen LogP contribution in [-0.4, -0.2) is 28.8 Å². The summed E-state index contributed by atoms with van der Waals surface area (Å²) in [6.07, 6.45) is 1.44. The Bertz CT molecular complexity index is 1540. The Balaban J connectivity index is 1.64. The first-order valence-electron chi connectivity index (χ1n) is 11.5. The number of hydrogen-bond acceptors (Lipinski definition) is 6. The van der Waals surface area contributed by atoms with Gasteiger partial charge in [-0.25, -0.2) is 0 Å². The van der Waals surface area contributed by atoms with Gasteiger partial charge in [-0.2, -0.15) is 9.78 Å². The molecule has 8 nitrogen and oxygen atoms in total. The van der Waals surface area contributed by atoms with E-state index in [1.54, 1.807) is 36.1 Å². The summed E-state index contributed by atoms with van der Waals surface area (Å²) in [7, 11) is 1.60. The normalized spacial score (nSPS) is 10.6. The van der Waals surface area contributed by atoms with Crippen LogP contribution < -0.4 is 14.8 Å². The molecule has 3 aromatic carbocycles. The number of hydrogen-bond donors (Lipinski definition) is 1. The average Bonchev–Trinajstić information content (AvgIpc) is 3.59. The van der Waals surface area contributed by atoms with Crippen molar-refractivity contribution in [2.75, 3.05) is 12.4 Å².